The summed E-state index contributed by atoms with van der Waals surface area (Å²) in [7, 11) is 0. The van der Waals surface area contributed by atoms with E-state index in [-0.39, 0.29) is 5.91 Å². The summed E-state index contributed by atoms with van der Waals surface area (Å²) in [5, 5.41) is 8.08. The maximum absolute atomic E-state index is 12.8. The topological polar surface area (TPSA) is 45.2 Å². The number of thiophene rings is 1. The fourth-order valence-corrected chi connectivity index (χ4v) is 4.78. The summed E-state index contributed by atoms with van der Waals surface area (Å²) < 4.78 is 0. The normalized spacial score (nSPS) is 14.0. The van der Waals surface area contributed by atoms with Crippen molar-refractivity contribution >= 4 is 40.0 Å². The molecule has 1 aliphatic rings. The first kappa shape index (κ1) is 16.3. The lowest BCUT2D eigenvalue weighted by molar-refractivity contribution is 0.103. The predicted octanol–water partition coefficient (Wildman–Crippen LogP) is 5.03. The van der Waals surface area contributed by atoms with Gasteiger partial charge in [-0.2, -0.15) is 11.3 Å². The van der Waals surface area contributed by atoms with Gasteiger partial charge in [0.1, 0.15) is 9.88 Å². The van der Waals surface area contributed by atoms with Crippen LogP contribution in [-0.4, -0.2) is 24.0 Å². The number of hydrogen-bond acceptors (Lipinski definition) is 5. The minimum absolute atomic E-state index is 0.0804. The summed E-state index contributed by atoms with van der Waals surface area (Å²) in [5.74, 6) is -0.0804. The zero-order valence-electron chi connectivity index (χ0n) is 14.0. The molecular formula is C19H19N3OS2. The van der Waals surface area contributed by atoms with E-state index in [9.17, 15) is 4.79 Å². The van der Waals surface area contributed by atoms with Crippen LogP contribution in [0.2, 0.25) is 0 Å². The molecule has 0 atom stereocenters. The third-order valence-corrected chi connectivity index (χ3v) is 6.26. The Bertz CT molecular complexity index is 880. The van der Waals surface area contributed by atoms with Crippen molar-refractivity contribution in [2.75, 3.05) is 23.3 Å². The second-order valence-corrected chi connectivity index (χ2v) is 7.89. The van der Waals surface area contributed by atoms with Crippen molar-refractivity contribution in [3.63, 3.8) is 0 Å². The third-order valence-electron chi connectivity index (χ3n) is 4.37. The van der Waals surface area contributed by atoms with Crippen molar-refractivity contribution < 1.29 is 4.79 Å². The first-order valence-corrected chi connectivity index (χ1v) is 10.1. The van der Waals surface area contributed by atoms with E-state index in [1.807, 2.05) is 36.6 Å². The summed E-state index contributed by atoms with van der Waals surface area (Å²) >= 11 is 3.09. The van der Waals surface area contributed by atoms with Crippen molar-refractivity contribution in [2.24, 2.45) is 0 Å². The highest BCUT2D eigenvalue weighted by atomic mass is 32.1. The number of rotatable bonds is 4. The molecule has 4 rings (SSSR count). The van der Waals surface area contributed by atoms with Gasteiger partial charge in [0.15, 0.2) is 0 Å². The van der Waals surface area contributed by atoms with Crippen molar-refractivity contribution in [2.45, 2.75) is 19.8 Å². The molecule has 2 aromatic heterocycles. The van der Waals surface area contributed by atoms with Gasteiger partial charge in [0.25, 0.3) is 5.91 Å². The Morgan fingerprint density at radius 2 is 2.00 bits per heavy atom. The van der Waals surface area contributed by atoms with Crippen LogP contribution in [0.3, 0.4) is 0 Å². The van der Waals surface area contributed by atoms with Gasteiger partial charge in [-0.05, 0) is 43.3 Å². The van der Waals surface area contributed by atoms with E-state index in [1.54, 1.807) is 11.3 Å². The van der Waals surface area contributed by atoms with Crippen LogP contribution in [0.15, 0.2) is 41.1 Å². The zero-order chi connectivity index (χ0) is 17.2. The highest BCUT2D eigenvalue weighted by Crippen LogP contribution is 2.32. The zero-order valence-corrected chi connectivity index (χ0v) is 15.6. The van der Waals surface area contributed by atoms with Gasteiger partial charge in [-0.1, -0.05) is 12.1 Å². The van der Waals surface area contributed by atoms with Crippen LogP contribution in [0.5, 0.6) is 0 Å². The van der Waals surface area contributed by atoms with Gasteiger partial charge in [0, 0.05) is 24.0 Å². The fraction of sp³-hybridized carbons (Fsp3) is 0.263. The Hall–Kier alpha value is -2.18. The molecule has 1 fully saturated rings. The maximum atomic E-state index is 12.8. The van der Waals surface area contributed by atoms with Gasteiger partial charge in [0.2, 0.25) is 0 Å². The molecule has 3 aromatic rings. The highest BCUT2D eigenvalue weighted by Gasteiger charge is 2.20. The minimum Gasteiger partial charge on any atom is -0.370 e. The number of aromatic nitrogens is 1. The van der Waals surface area contributed by atoms with E-state index in [2.05, 4.69) is 26.6 Å². The first-order valence-electron chi connectivity index (χ1n) is 8.38. The summed E-state index contributed by atoms with van der Waals surface area (Å²) in [5.41, 5.74) is 3.84. The van der Waals surface area contributed by atoms with Crippen LogP contribution in [0, 0.1) is 6.92 Å². The van der Waals surface area contributed by atoms with Crippen molar-refractivity contribution in [1.29, 1.82) is 0 Å². The van der Waals surface area contributed by atoms with E-state index in [4.69, 9.17) is 0 Å². The van der Waals surface area contributed by atoms with E-state index < -0.39 is 0 Å². The van der Waals surface area contributed by atoms with Gasteiger partial charge in [0.05, 0.1) is 17.1 Å². The summed E-state index contributed by atoms with van der Waals surface area (Å²) in [6.45, 7) is 4.00. The number of amides is 1. The summed E-state index contributed by atoms with van der Waals surface area (Å²) in [4.78, 5) is 20.4. The average molecular weight is 370 g/mol. The van der Waals surface area contributed by atoms with E-state index in [0.29, 0.717) is 4.88 Å². The molecule has 0 bridgehead atoms. The van der Waals surface area contributed by atoms with Gasteiger partial charge >= 0.3 is 0 Å². The Kier molecular flexibility index (Phi) is 4.55. The molecule has 1 N–H and O–H groups in total. The lowest BCUT2D eigenvalue weighted by Gasteiger charge is -2.21. The van der Waals surface area contributed by atoms with Crippen LogP contribution in [0.25, 0.3) is 10.6 Å². The largest absolute Gasteiger partial charge is 0.370 e. The lowest BCUT2D eigenvalue weighted by Crippen LogP contribution is -2.21. The first-order chi connectivity index (χ1) is 12.2. The van der Waals surface area contributed by atoms with Crippen LogP contribution >= 0.6 is 22.7 Å². The molecule has 1 saturated heterocycles. The number of carbonyl (C=O) groups is 1. The molecule has 0 unspecified atom stereocenters. The van der Waals surface area contributed by atoms with Gasteiger partial charge < -0.3 is 10.2 Å². The molecule has 0 radical (unpaired) electrons. The summed E-state index contributed by atoms with van der Waals surface area (Å²) in [6, 6.07) is 10.1. The van der Waals surface area contributed by atoms with Crippen molar-refractivity contribution in [1.82, 2.24) is 4.98 Å². The number of para-hydroxylation sites is 2. The highest BCUT2D eigenvalue weighted by molar-refractivity contribution is 7.17. The molecule has 4 nitrogen and oxygen atoms in total. The number of benzene rings is 1. The smallest absolute Gasteiger partial charge is 0.267 e. The maximum Gasteiger partial charge on any atom is 0.267 e. The van der Waals surface area contributed by atoms with E-state index in [0.717, 1.165) is 40.7 Å². The molecule has 0 saturated carbocycles. The van der Waals surface area contributed by atoms with Crippen LogP contribution < -0.4 is 10.2 Å². The van der Waals surface area contributed by atoms with Gasteiger partial charge in [-0.25, -0.2) is 4.98 Å². The SMILES string of the molecule is Cc1nc(-c2ccsc2)sc1C(=O)Nc1ccccc1N1CCCC1. The molecule has 1 amide bonds. The summed E-state index contributed by atoms with van der Waals surface area (Å²) in [6.07, 6.45) is 2.42. The number of aryl methyl sites for hydroxylation is 1. The fourth-order valence-electron chi connectivity index (χ4n) is 3.11. The minimum atomic E-state index is -0.0804. The molecule has 0 spiro atoms. The Morgan fingerprint density at radius 3 is 2.76 bits per heavy atom. The third kappa shape index (κ3) is 3.32. The molecule has 3 heterocycles. The number of hydrogen-bond donors (Lipinski definition) is 1. The van der Waals surface area contributed by atoms with Crippen molar-refractivity contribution in [3.8, 4) is 10.6 Å². The molecule has 1 aromatic carbocycles. The second-order valence-electron chi connectivity index (χ2n) is 6.11. The van der Waals surface area contributed by atoms with E-state index >= 15 is 0 Å². The molecule has 0 aliphatic carbocycles. The van der Waals surface area contributed by atoms with E-state index in [1.165, 1.54) is 24.2 Å². The predicted molar refractivity (Wildman–Crippen MR) is 106 cm³/mol. The number of carbonyl (C=O) groups excluding carboxylic acids is 1. The quantitative estimate of drug-likeness (QED) is 0.701. The standard InChI is InChI=1S/C19H19N3OS2/c1-13-17(25-19(20-13)14-8-11-24-12-14)18(23)21-15-6-2-3-7-16(15)22-9-4-5-10-22/h2-3,6-8,11-12H,4-5,9-10H2,1H3,(H,21,23). The number of nitrogens with one attached hydrogen (secondary N) is 1. The molecule has 128 valence electrons. The van der Waals surface area contributed by atoms with Gasteiger partial charge in [-0.3, -0.25) is 4.79 Å². The average Bonchev–Trinajstić information content (AvgIpc) is 3.37. The Morgan fingerprint density at radius 1 is 1.20 bits per heavy atom. The second kappa shape index (κ2) is 6.98. The van der Waals surface area contributed by atoms with Crippen LogP contribution in [0.4, 0.5) is 11.4 Å². The number of anilines is 2. The number of thiazole rings is 1. The van der Waals surface area contributed by atoms with Crippen molar-refractivity contribution in [3.05, 3.63) is 51.7 Å². The Labute approximate surface area is 155 Å². The monoisotopic (exact) mass is 369 g/mol. The van der Waals surface area contributed by atoms with Crippen LogP contribution in [-0.2, 0) is 0 Å². The molecule has 1 aliphatic heterocycles. The van der Waals surface area contributed by atoms with Gasteiger partial charge in [-0.15, -0.1) is 11.3 Å². The van der Waals surface area contributed by atoms with Crippen LogP contribution in [0.1, 0.15) is 28.2 Å². The molecule has 25 heavy (non-hydrogen) atoms. The number of nitrogens with zero attached hydrogens (tertiary/aromatic N) is 2. The molecule has 6 heteroatoms. The Balaban J connectivity index is 1.59. The molecular weight excluding hydrogens is 350 g/mol. The lowest BCUT2D eigenvalue weighted by atomic mass is 10.2.